The Kier molecular flexibility index (Phi) is 10.9. The highest BCUT2D eigenvalue weighted by Crippen LogP contribution is 2.32. The molecule has 0 saturated heterocycles. The number of benzene rings is 1. The van der Waals surface area contributed by atoms with E-state index in [1.165, 1.54) is 19.4 Å². The summed E-state index contributed by atoms with van der Waals surface area (Å²) in [7, 11) is 1.42. The van der Waals surface area contributed by atoms with Crippen LogP contribution in [-0.4, -0.2) is 35.9 Å². The second kappa shape index (κ2) is 13.6. The average molecular weight is 484 g/mol. The zero-order valence-electron chi connectivity index (χ0n) is 21.6. The topological polar surface area (TPSA) is 91.8 Å². The summed E-state index contributed by atoms with van der Waals surface area (Å²) in [6.07, 6.45) is 3.90. The Bertz CT molecular complexity index is 988. The minimum absolute atomic E-state index is 0.0312. The first-order chi connectivity index (χ1) is 16.7. The predicted octanol–water partition coefficient (Wildman–Crippen LogP) is 5.77. The lowest BCUT2D eigenvalue weighted by Gasteiger charge is -2.26. The van der Waals surface area contributed by atoms with Gasteiger partial charge in [0.1, 0.15) is 6.10 Å². The van der Waals surface area contributed by atoms with Crippen LogP contribution in [0.4, 0.5) is 0 Å². The number of esters is 2. The predicted molar refractivity (Wildman–Crippen MR) is 134 cm³/mol. The summed E-state index contributed by atoms with van der Waals surface area (Å²) in [4.78, 5) is 42.3. The number of ketones is 1. The van der Waals surface area contributed by atoms with Crippen molar-refractivity contribution in [2.75, 3.05) is 7.11 Å². The normalized spacial score (nSPS) is 13.6. The van der Waals surface area contributed by atoms with E-state index in [4.69, 9.17) is 14.2 Å². The number of pyridine rings is 1. The Hall–Kier alpha value is -3.22. The number of hydrogen-bond acceptors (Lipinski definition) is 7. The Balaban J connectivity index is 2.13. The van der Waals surface area contributed by atoms with E-state index < -0.39 is 29.6 Å². The smallest absolute Gasteiger partial charge is 0.313 e. The van der Waals surface area contributed by atoms with Crippen molar-refractivity contribution in [3.05, 3.63) is 53.9 Å². The Labute approximate surface area is 208 Å². The third kappa shape index (κ3) is 7.91. The molecule has 0 bridgehead atoms. The molecule has 190 valence electrons. The van der Waals surface area contributed by atoms with Crippen LogP contribution < -0.4 is 9.47 Å². The maximum Gasteiger partial charge on any atom is 0.313 e. The highest BCUT2D eigenvalue weighted by atomic mass is 16.6. The molecule has 7 heteroatoms. The third-order valence-electron chi connectivity index (χ3n) is 5.89. The van der Waals surface area contributed by atoms with Crippen molar-refractivity contribution in [1.82, 2.24) is 4.98 Å². The van der Waals surface area contributed by atoms with Gasteiger partial charge in [-0.2, -0.15) is 0 Å². The van der Waals surface area contributed by atoms with Crippen LogP contribution in [0.25, 0.3) is 0 Å². The summed E-state index contributed by atoms with van der Waals surface area (Å²) in [5.74, 6) is -2.22. The molecule has 0 spiro atoms. The fourth-order valence-corrected chi connectivity index (χ4v) is 3.74. The van der Waals surface area contributed by atoms with E-state index in [0.717, 1.165) is 24.8 Å². The molecule has 0 unspecified atom stereocenters. The lowest BCUT2D eigenvalue weighted by atomic mass is 9.89. The molecule has 0 aliphatic carbocycles. The molecule has 0 aliphatic rings. The van der Waals surface area contributed by atoms with Gasteiger partial charge in [-0.1, -0.05) is 70.9 Å². The molecule has 2 rings (SSSR count). The number of rotatable bonds is 13. The number of unbranched alkanes of at least 4 members (excludes halogenated alkanes) is 1. The van der Waals surface area contributed by atoms with Gasteiger partial charge in [-0.3, -0.25) is 14.4 Å². The fourth-order valence-electron chi connectivity index (χ4n) is 3.74. The Morgan fingerprint density at radius 3 is 2.26 bits per heavy atom. The first kappa shape index (κ1) is 28.0. The monoisotopic (exact) mass is 483 g/mol. The van der Waals surface area contributed by atoms with Crippen molar-refractivity contribution in [2.45, 2.75) is 72.3 Å². The number of aromatic nitrogens is 1. The molecule has 35 heavy (non-hydrogen) atoms. The summed E-state index contributed by atoms with van der Waals surface area (Å²) >= 11 is 0. The molecular weight excluding hydrogens is 446 g/mol. The van der Waals surface area contributed by atoms with Crippen molar-refractivity contribution < 1.29 is 28.6 Å². The zero-order valence-corrected chi connectivity index (χ0v) is 21.6. The highest BCUT2D eigenvalue weighted by Gasteiger charge is 2.29. The summed E-state index contributed by atoms with van der Waals surface area (Å²) < 4.78 is 16.5. The molecule has 0 N–H and O–H groups in total. The number of carbonyl (C=O) groups excluding carboxylic acids is 3. The lowest BCUT2D eigenvalue weighted by Crippen LogP contribution is -2.27. The van der Waals surface area contributed by atoms with E-state index in [0.29, 0.717) is 0 Å². The van der Waals surface area contributed by atoms with Gasteiger partial charge in [0.25, 0.3) is 0 Å². The highest BCUT2D eigenvalue weighted by molar-refractivity contribution is 6.00. The van der Waals surface area contributed by atoms with Crippen LogP contribution in [0.5, 0.6) is 11.5 Å². The van der Waals surface area contributed by atoms with Gasteiger partial charge in [0, 0.05) is 24.6 Å². The minimum atomic E-state index is -0.700. The first-order valence-corrected chi connectivity index (χ1v) is 12.2. The summed E-state index contributed by atoms with van der Waals surface area (Å²) in [6.45, 7) is 9.05. The van der Waals surface area contributed by atoms with Crippen molar-refractivity contribution in [3.63, 3.8) is 0 Å². The standard InChI is InChI=1S/C28H37NO6/c1-7-8-14-22(21-12-10-9-11-13-21)20(5)34-28(32)19(4)17-23(30)25-26(35-27(31)18(2)3)24(33-6)15-16-29-25/h9-13,15-16,18-20,22H,7-8,14,17H2,1-6H3/t19-,20+,22+/m1/s1. The molecule has 7 nitrogen and oxygen atoms in total. The van der Waals surface area contributed by atoms with Gasteiger partial charge in [0.2, 0.25) is 5.75 Å². The second-order valence-corrected chi connectivity index (χ2v) is 9.10. The SMILES string of the molecule is CCCC[C@H](c1ccccc1)[C@H](C)OC(=O)[C@H](C)CC(=O)c1nccc(OC)c1OC(=O)C(C)C. The van der Waals surface area contributed by atoms with Crippen LogP contribution in [0.2, 0.25) is 0 Å². The average Bonchev–Trinajstić information content (AvgIpc) is 2.84. The van der Waals surface area contributed by atoms with Crippen LogP contribution in [0.3, 0.4) is 0 Å². The first-order valence-electron chi connectivity index (χ1n) is 12.2. The van der Waals surface area contributed by atoms with Crippen LogP contribution >= 0.6 is 0 Å². The molecular formula is C28H37NO6. The number of ether oxygens (including phenoxy) is 3. The van der Waals surface area contributed by atoms with Gasteiger partial charge in [-0.05, 0) is 18.9 Å². The number of carbonyl (C=O) groups is 3. The van der Waals surface area contributed by atoms with Crippen molar-refractivity contribution in [1.29, 1.82) is 0 Å². The van der Waals surface area contributed by atoms with E-state index >= 15 is 0 Å². The Morgan fingerprint density at radius 2 is 1.66 bits per heavy atom. The summed E-state index contributed by atoms with van der Waals surface area (Å²) in [6, 6.07) is 11.5. The summed E-state index contributed by atoms with van der Waals surface area (Å²) in [5.41, 5.74) is 1.08. The number of methoxy groups -OCH3 is 1. The van der Waals surface area contributed by atoms with Crippen LogP contribution in [0.1, 0.15) is 82.3 Å². The van der Waals surface area contributed by atoms with E-state index in [9.17, 15) is 14.4 Å². The lowest BCUT2D eigenvalue weighted by molar-refractivity contribution is -0.153. The van der Waals surface area contributed by atoms with Gasteiger partial charge in [-0.15, -0.1) is 0 Å². The molecule has 2 aromatic rings. The zero-order chi connectivity index (χ0) is 26.0. The molecule has 3 atom stereocenters. The molecule has 0 aliphatic heterocycles. The molecule has 0 radical (unpaired) electrons. The molecule has 0 amide bonds. The maximum absolute atomic E-state index is 13.1. The fraction of sp³-hybridized carbons (Fsp3) is 0.500. The second-order valence-electron chi connectivity index (χ2n) is 9.10. The van der Waals surface area contributed by atoms with Crippen LogP contribution in [0.15, 0.2) is 42.6 Å². The van der Waals surface area contributed by atoms with Gasteiger partial charge in [0.15, 0.2) is 17.2 Å². The van der Waals surface area contributed by atoms with E-state index in [2.05, 4.69) is 11.9 Å². The maximum atomic E-state index is 13.1. The number of nitrogens with zero attached hydrogens (tertiary/aromatic N) is 1. The van der Waals surface area contributed by atoms with Crippen molar-refractivity contribution >= 4 is 17.7 Å². The molecule has 0 fully saturated rings. The number of hydrogen-bond donors (Lipinski definition) is 0. The molecule has 1 heterocycles. The molecule has 1 aromatic carbocycles. The van der Waals surface area contributed by atoms with Gasteiger partial charge < -0.3 is 14.2 Å². The third-order valence-corrected chi connectivity index (χ3v) is 5.89. The number of Topliss-reactive ketones (excluding diaryl/α,β-unsaturated/α-hetero) is 1. The summed E-state index contributed by atoms with van der Waals surface area (Å²) in [5, 5.41) is 0. The van der Waals surface area contributed by atoms with Gasteiger partial charge in [-0.25, -0.2) is 4.98 Å². The largest absolute Gasteiger partial charge is 0.493 e. The van der Waals surface area contributed by atoms with Crippen LogP contribution in [0, 0.1) is 11.8 Å². The van der Waals surface area contributed by atoms with Crippen molar-refractivity contribution in [3.8, 4) is 11.5 Å². The minimum Gasteiger partial charge on any atom is -0.493 e. The van der Waals surface area contributed by atoms with E-state index in [-0.39, 0.29) is 35.6 Å². The molecule has 0 saturated carbocycles. The van der Waals surface area contributed by atoms with Crippen LogP contribution in [-0.2, 0) is 14.3 Å². The van der Waals surface area contributed by atoms with Crippen molar-refractivity contribution in [2.24, 2.45) is 11.8 Å². The van der Waals surface area contributed by atoms with Gasteiger partial charge in [0.05, 0.1) is 18.9 Å². The quantitative estimate of drug-likeness (QED) is 0.264. The van der Waals surface area contributed by atoms with E-state index in [1.807, 2.05) is 37.3 Å². The Morgan fingerprint density at radius 1 is 0.971 bits per heavy atom. The van der Waals surface area contributed by atoms with E-state index in [1.54, 1.807) is 20.8 Å². The molecule has 1 aromatic heterocycles. The van der Waals surface area contributed by atoms with Gasteiger partial charge >= 0.3 is 11.9 Å².